The van der Waals surface area contributed by atoms with E-state index in [1.807, 2.05) is 6.07 Å². The number of benzene rings is 1. The largest absolute Gasteiger partial charge is 0.477 e. The number of aromatic carboxylic acids is 1. The molecule has 8 nitrogen and oxygen atoms in total. The average molecular weight is 279 g/mol. The molecule has 0 saturated heterocycles. The van der Waals surface area contributed by atoms with Crippen molar-refractivity contribution in [2.24, 2.45) is 0 Å². The predicted molar refractivity (Wildman–Crippen MR) is 69.6 cm³/mol. The van der Waals surface area contributed by atoms with Gasteiger partial charge in [0.05, 0.1) is 0 Å². The molecule has 8 heteroatoms. The minimum Gasteiger partial charge on any atom is -0.477 e. The number of aliphatic hydroxyl groups excluding tert-OH is 1. The predicted octanol–water partition coefficient (Wildman–Crippen LogP) is 1.22. The number of aliphatic hydroxyl groups is 1. The lowest BCUT2D eigenvalue weighted by Gasteiger charge is -1.98. The maximum Gasteiger partial charge on any atom is 0.357 e. The molecule has 1 aromatic heterocycles. The maximum atomic E-state index is 11.0. The van der Waals surface area contributed by atoms with Gasteiger partial charge in [0.25, 0.3) is 0 Å². The summed E-state index contributed by atoms with van der Waals surface area (Å²) >= 11 is 0. The molecule has 0 aliphatic heterocycles. The van der Waals surface area contributed by atoms with Crippen molar-refractivity contribution >= 4 is 11.8 Å². The molecule has 0 atom stereocenters. The molecule has 0 amide bonds. The zero-order valence-corrected chi connectivity index (χ0v) is 10.6. The van der Waals surface area contributed by atoms with Gasteiger partial charge in [0, 0.05) is 13.5 Å². The number of hydrogen-bond donors (Lipinski definition) is 3. The second-order valence-electron chi connectivity index (χ2n) is 3.62. The Morgan fingerprint density at radius 1 is 1.35 bits per heavy atom. The number of nitro groups is 1. The van der Waals surface area contributed by atoms with Gasteiger partial charge in [-0.1, -0.05) is 35.4 Å². The Bertz CT molecular complexity index is 594. The third-order valence-corrected chi connectivity index (χ3v) is 2.43. The van der Waals surface area contributed by atoms with Gasteiger partial charge in [-0.2, -0.15) is 0 Å². The quantitative estimate of drug-likeness (QED) is 0.569. The molecular formula is C12H13N3O5. The number of hydrogen-bond acceptors (Lipinski definition) is 5. The summed E-state index contributed by atoms with van der Waals surface area (Å²) in [5.74, 6) is -1.95. The molecule has 106 valence electrons. The van der Waals surface area contributed by atoms with E-state index in [-0.39, 0.29) is 17.7 Å². The molecule has 20 heavy (non-hydrogen) atoms. The van der Waals surface area contributed by atoms with Crippen LogP contribution in [0.5, 0.6) is 0 Å². The van der Waals surface area contributed by atoms with E-state index in [0.717, 1.165) is 12.7 Å². The van der Waals surface area contributed by atoms with Gasteiger partial charge in [0.1, 0.15) is 5.69 Å². The highest BCUT2D eigenvalue weighted by Gasteiger charge is 2.27. The lowest BCUT2D eigenvalue weighted by atomic mass is 10.1. The summed E-state index contributed by atoms with van der Waals surface area (Å²) < 4.78 is 0. The van der Waals surface area contributed by atoms with Crippen LogP contribution in [0.15, 0.2) is 30.3 Å². The summed E-state index contributed by atoms with van der Waals surface area (Å²) in [5.41, 5.74) is 0.602. The minimum atomic E-state index is -1.36. The van der Waals surface area contributed by atoms with E-state index in [0.29, 0.717) is 0 Å². The van der Waals surface area contributed by atoms with E-state index >= 15 is 0 Å². The molecule has 0 fully saturated rings. The number of aromatic nitrogens is 2. The molecule has 2 rings (SSSR count). The minimum absolute atomic E-state index is 0.153. The van der Waals surface area contributed by atoms with Crippen LogP contribution in [0, 0.1) is 10.1 Å². The Hall–Kier alpha value is -2.74. The first-order valence-electron chi connectivity index (χ1n) is 5.53. The molecule has 0 bridgehead atoms. The van der Waals surface area contributed by atoms with Crippen LogP contribution in [0.3, 0.4) is 0 Å². The fourth-order valence-corrected chi connectivity index (χ4v) is 1.64. The number of nitrogens with zero attached hydrogens (tertiary/aromatic N) is 2. The zero-order chi connectivity index (χ0) is 15.1. The van der Waals surface area contributed by atoms with Crippen LogP contribution in [0.1, 0.15) is 21.6 Å². The average Bonchev–Trinajstić information content (AvgIpc) is 2.86. The number of rotatable bonds is 4. The first kappa shape index (κ1) is 15.3. The number of H-pyrrole nitrogens is 1. The third kappa shape index (κ3) is 3.39. The van der Waals surface area contributed by atoms with Gasteiger partial charge in [0.15, 0.2) is 5.56 Å². The van der Waals surface area contributed by atoms with Gasteiger partial charge in [-0.05, 0) is 10.5 Å². The Morgan fingerprint density at radius 2 is 1.95 bits per heavy atom. The van der Waals surface area contributed by atoms with Gasteiger partial charge < -0.3 is 20.3 Å². The van der Waals surface area contributed by atoms with E-state index in [4.69, 9.17) is 10.2 Å². The van der Waals surface area contributed by atoms with Crippen LogP contribution in [-0.2, 0) is 6.42 Å². The van der Waals surface area contributed by atoms with Crippen molar-refractivity contribution in [3.05, 3.63) is 57.3 Å². The summed E-state index contributed by atoms with van der Waals surface area (Å²) in [4.78, 5) is 20.9. The number of nitrogens with one attached hydrogen (secondary N) is 1. The van der Waals surface area contributed by atoms with Gasteiger partial charge in [-0.15, -0.1) is 5.10 Å². The van der Waals surface area contributed by atoms with Crippen LogP contribution in [0.2, 0.25) is 0 Å². The SMILES string of the molecule is CO.O=C(O)c1c(Cc2ccccc2)n[nH]c1[N+](=O)[O-]. The molecule has 1 aromatic carbocycles. The van der Waals surface area contributed by atoms with Crippen molar-refractivity contribution in [1.29, 1.82) is 0 Å². The Kier molecular flexibility index (Phi) is 5.36. The van der Waals surface area contributed by atoms with E-state index in [1.165, 1.54) is 0 Å². The first-order chi connectivity index (χ1) is 9.59. The highest BCUT2D eigenvalue weighted by atomic mass is 16.6. The van der Waals surface area contributed by atoms with Crippen molar-refractivity contribution < 1.29 is 19.9 Å². The topological polar surface area (TPSA) is 129 Å². The van der Waals surface area contributed by atoms with Crippen LogP contribution in [-0.4, -0.2) is 38.4 Å². The van der Waals surface area contributed by atoms with E-state index in [2.05, 4.69) is 10.2 Å². The standard InChI is InChI=1S/C11H9N3O4.CH4O/c15-11(16)9-8(12-13-10(9)14(17)18)6-7-4-2-1-3-5-7;1-2/h1-5H,6H2,(H,12,13)(H,15,16);2H,1H3. The fraction of sp³-hybridized carbons (Fsp3) is 0.167. The van der Waals surface area contributed by atoms with Crippen molar-refractivity contribution in [3.8, 4) is 0 Å². The van der Waals surface area contributed by atoms with Crippen LogP contribution < -0.4 is 0 Å². The van der Waals surface area contributed by atoms with Crippen molar-refractivity contribution in [2.45, 2.75) is 6.42 Å². The lowest BCUT2D eigenvalue weighted by Crippen LogP contribution is -2.04. The van der Waals surface area contributed by atoms with E-state index in [1.54, 1.807) is 24.3 Å². The molecule has 0 aliphatic rings. The van der Waals surface area contributed by atoms with Crippen LogP contribution in [0.25, 0.3) is 0 Å². The second-order valence-corrected chi connectivity index (χ2v) is 3.62. The van der Waals surface area contributed by atoms with Gasteiger partial charge in [-0.25, -0.2) is 4.79 Å². The van der Waals surface area contributed by atoms with Crippen molar-refractivity contribution in [2.75, 3.05) is 7.11 Å². The number of carbonyl (C=O) groups is 1. The first-order valence-corrected chi connectivity index (χ1v) is 5.53. The molecule has 0 saturated carbocycles. The molecule has 3 N–H and O–H groups in total. The van der Waals surface area contributed by atoms with Gasteiger partial charge in [0.2, 0.25) is 0 Å². The summed E-state index contributed by atoms with van der Waals surface area (Å²) in [6.07, 6.45) is 0.229. The molecular weight excluding hydrogens is 266 g/mol. The Morgan fingerprint density at radius 3 is 2.45 bits per heavy atom. The zero-order valence-electron chi connectivity index (χ0n) is 10.6. The molecule has 0 aliphatic carbocycles. The highest BCUT2D eigenvalue weighted by Crippen LogP contribution is 2.21. The summed E-state index contributed by atoms with van der Waals surface area (Å²) in [6.45, 7) is 0. The van der Waals surface area contributed by atoms with Gasteiger partial charge in [-0.3, -0.25) is 0 Å². The normalized spacial score (nSPS) is 9.50. The summed E-state index contributed by atoms with van der Waals surface area (Å²) in [5, 5.41) is 32.5. The monoisotopic (exact) mass is 279 g/mol. The van der Waals surface area contributed by atoms with Crippen molar-refractivity contribution in [1.82, 2.24) is 10.2 Å². The Labute approximate surface area is 113 Å². The summed E-state index contributed by atoms with van der Waals surface area (Å²) in [7, 11) is 1.00. The third-order valence-electron chi connectivity index (χ3n) is 2.43. The molecule has 0 radical (unpaired) electrons. The molecule has 0 spiro atoms. The fourth-order valence-electron chi connectivity index (χ4n) is 1.64. The number of carboxylic acid groups (broad SMARTS) is 1. The summed E-state index contributed by atoms with van der Waals surface area (Å²) in [6, 6.07) is 9.03. The smallest absolute Gasteiger partial charge is 0.357 e. The van der Waals surface area contributed by atoms with Crippen molar-refractivity contribution in [3.63, 3.8) is 0 Å². The maximum absolute atomic E-state index is 11.0. The number of aromatic amines is 1. The van der Waals surface area contributed by atoms with E-state index in [9.17, 15) is 14.9 Å². The molecule has 1 heterocycles. The number of carboxylic acids is 1. The molecule has 0 unspecified atom stereocenters. The Balaban J connectivity index is 0.000000956. The molecule has 2 aromatic rings. The van der Waals surface area contributed by atoms with E-state index < -0.39 is 16.7 Å². The lowest BCUT2D eigenvalue weighted by molar-refractivity contribution is -0.389. The van der Waals surface area contributed by atoms with Crippen LogP contribution >= 0.6 is 0 Å². The van der Waals surface area contributed by atoms with Crippen LogP contribution in [0.4, 0.5) is 5.82 Å². The second kappa shape index (κ2) is 7.00. The highest BCUT2D eigenvalue weighted by molar-refractivity contribution is 5.93. The van der Waals surface area contributed by atoms with Gasteiger partial charge >= 0.3 is 11.8 Å².